The summed E-state index contributed by atoms with van der Waals surface area (Å²) >= 11 is 1.61. The van der Waals surface area contributed by atoms with Gasteiger partial charge in [-0.15, -0.1) is 11.3 Å². The van der Waals surface area contributed by atoms with Crippen molar-refractivity contribution in [3.63, 3.8) is 0 Å². The lowest BCUT2D eigenvalue weighted by Gasteiger charge is -2.09. The van der Waals surface area contributed by atoms with E-state index in [9.17, 15) is 0 Å². The summed E-state index contributed by atoms with van der Waals surface area (Å²) in [6.45, 7) is 1.93. The zero-order chi connectivity index (χ0) is 9.38. The summed E-state index contributed by atoms with van der Waals surface area (Å²) in [5.41, 5.74) is 4.25. The van der Waals surface area contributed by atoms with Crippen LogP contribution in [0.5, 0.6) is 0 Å². The first-order valence-electron chi connectivity index (χ1n) is 4.61. The highest BCUT2D eigenvalue weighted by Crippen LogP contribution is 2.22. The topological polar surface area (TPSA) is 53.6 Å². The quantitative estimate of drug-likeness (QED) is 0.736. The average molecular weight is 206 g/mol. The van der Waals surface area contributed by atoms with Crippen LogP contribution in [0.15, 0.2) is 11.7 Å². The maximum Gasteiger partial charge on any atom is 0.149 e. The molecule has 2 N–H and O–H groups in total. The van der Waals surface area contributed by atoms with E-state index < -0.39 is 0 Å². The first-order valence-corrected chi connectivity index (χ1v) is 5.49. The van der Waals surface area contributed by atoms with E-state index >= 15 is 0 Å². The molecule has 0 saturated carbocycles. The van der Waals surface area contributed by atoms with E-state index in [0.717, 1.165) is 30.2 Å². The van der Waals surface area contributed by atoms with Gasteiger partial charge in [-0.2, -0.15) is 0 Å². The predicted octanol–water partition coefficient (Wildman–Crippen LogP) is 1.18. The molecule has 14 heavy (non-hydrogen) atoms. The van der Waals surface area contributed by atoms with Crippen molar-refractivity contribution >= 4 is 11.3 Å². The maximum absolute atomic E-state index is 4.57. The third kappa shape index (κ3) is 1.25. The Balaban J connectivity index is 2.04. The highest BCUT2D eigenvalue weighted by atomic mass is 32.1. The van der Waals surface area contributed by atoms with Gasteiger partial charge in [0.1, 0.15) is 5.82 Å². The third-order valence-electron chi connectivity index (χ3n) is 2.37. The summed E-state index contributed by atoms with van der Waals surface area (Å²) in [5, 5.41) is 3.32. The SMILES string of the molecule is c1ncc(-c2nc3c([nH]2)CNCC3)s1. The minimum absolute atomic E-state index is 0.904. The van der Waals surface area contributed by atoms with Gasteiger partial charge in [-0.25, -0.2) is 4.98 Å². The molecular formula is C9H10N4S. The second kappa shape index (κ2) is 3.18. The van der Waals surface area contributed by atoms with Gasteiger partial charge in [-0.05, 0) is 0 Å². The first-order chi connectivity index (χ1) is 6.93. The molecule has 0 radical (unpaired) electrons. The van der Waals surface area contributed by atoms with Crippen LogP contribution >= 0.6 is 11.3 Å². The number of fused-ring (bicyclic) bond motifs is 1. The summed E-state index contributed by atoms with van der Waals surface area (Å²) in [5.74, 6) is 0.959. The van der Waals surface area contributed by atoms with Crippen LogP contribution in [0.4, 0.5) is 0 Å². The highest BCUT2D eigenvalue weighted by Gasteiger charge is 2.14. The Morgan fingerprint density at radius 1 is 1.43 bits per heavy atom. The molecule has 0 atom stereocenters. The fourth-order valence-electron chi connectivity index (χ4n) is 1.67. The van der Waals surface area contributed by atoms with Crippen LogP contribution in [0, 0.1) is 0 Å². The van der Waals surface area contributed by atoms with Gasteiger partial charge in [0.2, 0.25) is 0 Å². The van der Waals surface area contributed by atoms with Gasteiger partial charge in [0.15, 0.2) is 0 Å². The van der Waals surface area contributed by atoms with Crippen molar-refractivity contribution < 1.29 is 0 Å². The van der Waals surface area contributed by atoms with E-state index in [4.69, 9.17) is 0 Å². The van der Waals surface area contributed by atoms with E-state index in [-0.39, 0.29) is 0 Å². The van der Waals surface area contributed by atoms with Crippen LogP contribution in [0.2, 0.25) is 0 Å². The number of aromatic amines is 1. The minimum atomic E-state index is 0.904. The van der Waals surface area contributed by atoms with Crippen LogP contribution < -0.4 is 5.32 Å². The molecule has 2 aromatic rings. The number of nitrogens with zero attached hydrogens (tertiary/aromatic N) is 2. The van der Waals surface area contributed by atoms with Gasteiger partial charge in [-0.1, -0.05) is 0 Å². The van der Waals surface area contributed by atoms with Crippen molar-refractivity contribution in [3.05, 3.63) is 23.1 Å². The molecular weight excluding hydrogens is 196 g/mol. The Bertz CT molecular complexity index is 408. The molecule has 3 rings (SSSR count). The summed E-state index contributed by atoms with van der Waals surface area (Å²) in [4.78, 5) is 13.1. The number of rotatable bonds is 1. The summed E-state index contributed by atoms with van der Waals surface area (Å²) in [6.07, 6.45) is 2.87. The van der Waals surface area contributed by atoms with Crippen molar-refractivity contribution in [2.75, 3.05) is 6.54 Å². The second-order valence-corrected chi connectivity index (χ2v) is 4.19. The van der Waals surface area contributed by atoms with Crippen LogP contribution in [0.25, 0.3) is 10.7 Å². The molecule has 0 bridgehead atoms. The fraction of sp³-hybridized carbons (Fsp3) is 0.333. The standard InChI is InChI=1S/C9H10N4S/c1-2-10-3-7-6(1)12-9(13-7)8-4-11-5-14-8/h4-5,10H,1-3H2,(H,12,13). The van der Waals surface area contributed by atoms with E-state index in [2.05, 4.69) is 20.3 Å². The lowest BCUT2D eigenvalue weighted by Crippen LogP contribution is -2.23. The Morgan fingerprint density at radius 2 is 2.43 bits per heavy atom. The first kappa shape index (κ1) is 8.14. The number of H-pyrrole nitrogens is 1. The van der Waals surface area contributed by atoms with Gasteiger partial charge in [0.25, 0.3) is 0 Å². The lowest BCUT2D eigenvalue weighted by atomic mass is 10.2. The van der Waals surface area contributed by atoms with E-state index in [0.29, 0.717) is 0 Å². The lowest BCUT2D eigenvalue weighted by molar-refractivity contribution is 0.627. The van der Waals surface area contributed by atoms with Crippen molar-refractivity contribution in [1.29, 1.82) is 0 Å². The van der Waals surface area contributed by atoms with Crippen LogP contribution in [-0.2, 0) is 13.0 Å². The molecule has 0 spiro atoms. The third-order valence-corrected chi connectivity index (χ3v) is 3.15. The zero-order valence-electron chi connectivity index (χ0n) is 7.58. The molecule has 0 amide bonds. The van der Waals surface area contributed by atoms with Crippen LogP contribution in [0.3, 0.4) is 0 Å². The van der Waals surface area contributed by atoms with E-state index in [1.807, 2.05) is 11.7 Å². The molecule has 0 fully saturated rings. The molecule has 1 aliphatic rings. The number of hydrogen-bond acceptors (Lipinski definition) is 4. The molecule has 1 aliphatic heterocycles. The molecule has 0 unspecified atom stereocenters. The van der Waals surface area contributed by atoms with Gasteiger partial charge in [-0.3, -0.25) is 4.98 Å². The molecule has 5 heteroatoms. The van der Waals surface area contributed by atoms with Crippen molar-refractivity contribution in [2.24, 2.45) is 0 Å². The van der Waals surface area contributed by atoms with Crippen LogP contribution in [0.1, 0.15) is 11.4 Å². The molecule has 0 saturated heterocycles. The summed E-state index contributed by atoms with van der Waals surface area (Å²) in [6, 6.07) is 0. The number of aromatic nitrogens is 3. The zero-order valence-corrected chi connectivity index (χ0v) is 8.40. The number of nitrogens with one attached hydrogen (secondary N) is 2. The van der Waals surface area contributed by atoms with Crippen molar-refractivity contribution in [1.82, 2.24) is 20.3 Å². The fourth-order valence-corrected chi connectivity index (χ4v) is 2.23. The highest BCUT2D eigenvalue weighted by molar-refractivity contribution is 7.13. The minimum Gasteiger partial charge on any atom is -0.340 e. The normalized spacial score (nSPS) is 15.4. The molecule has 0 aliphatic carbocycles. The monoisotopic (exact) mass is 206 g/mol. The molecule has 4 nitrogen and oxygen atoms in total. The number of thiazole rings is 1. The molecule has 0 aromatic carbocycles. The van der Waals surface area contributed by atoms with Crippen LogP contribution in [-0.4, -0.2) is 21.5 Å². The predicted molar refractivity (Wildman–Crippen MR) is 55.1 cm³/mol. The number of hydrogen-bond donors (Lipinski definition) is 2. The average Bonchev–Trinajstić information content (AvgIpc) is 2.86. The molecule has 3 heterocycles. The summed E-state index contributed by atoms with van der Waals surface area (Å²) in [7, 11) is 0. The molecule has 2 aromatic heterocycles. The molecule has 72 valence electrons. The van der Waals surface area contributed by atoms with E-state index in [1.165, 1.54) is 11.4 Å². The largest absolute Gasteiger partial charge is 0.340 e. The van der Waals surface area contributed by atoms with Gasteiger partial charge in [0.05, 0.1) is 21.8 Å². The van der Waals surface area contributed by atoms with Gasteiger partial charge in [0, 0.05) is 25.7 Å². The Morgan fingerprint density at radius 3 is 3.21 bits per heavy atom. The smallest absolute Gasteiger partial charge is 0.149 e. The van der Waals surface area contributed by atoms with E-state index in [1.54, 1.807) is 11.3 Å². The second-order valence-electron chi connectivity index (χ2n) is 3.30. The van der Waals surface area contributed by atoms with Crippen molar-refractivity contribution in [2.45, 2.75) is 13.0 Å². The Labute approximate surface area is 85.4 Å². The van der Waals surface area contributed by atoms with Gasteiger partial charge >= 0.3 is 0 Å². The van der Waals surface area contributed by atoms with Gasteiger partial charge < -0.3 is 10.3 Å². The Kier molecular flexibility index (Phi) is 1.85. The Hall–Kier alpha value is -1.20. The maximum atomic E-state index is 4.57. The van der Waals surface area contributed by atoms with Crippen molar-refractivity contribution in [3.8, 4) is 10.7 Å². The summed E-state index contributed by atoms with van der Waals surface area (Å²) < 4.78 is 0. The number of imidazole rings is 1.